The maximum Gasteiger partial charge on any atom is 0.137 e. The first kappa shape index (κ1) is 17.3. The van der Waals surface area contributed by atoms with Crippen LogP contribution in [0.4, 0.5) is 0 Å². The van der Waals surface area contributed by atoms with Gasteiger partial charge in [-0.05, 0) is 44.0 Å². The highest BCUT2D eigenvalue weighted by atomic mass is 35.5. The van der Waals surface area contributed by atoms with Crippen molar-refractivity contribution in [3.63, 3.8) is 0 Å². The molecule has 20 heavy (non-hydrogen) atoms. The number of methoxy groups -OCH3 is 1. The largest absolute Gasteiger partial charge is 0.495 e. The molecule has 0 spiro atoms. The topological polar surface area (TPSA) is 38.5 Å². The van der Waals surface area contributed by atoms with Gasteiger partial charge in [-0.1, -0.05) is 31.5 Å². The highest BCUT2D eigenvalue weighted by Crippen LogP contribution is 2.30. The lowest BCUT2D eigenvalue weighted by Gasteiger charge is -2.34. The lowest BCUT2D eigenvalue weighted by Crippen LogP contribution is -2.37. The van der Waals surface area contributed by atoms with Gasteiger partial charge in [0.25, 0.3) is 0 Å². The number of rotatable bonds is 7. The minimum absolute atomic E-state index is 0.173. The average molecular weight is 299 g/mol. The second-order valence-corrected chi connectivity index (χ2v) is 6.20. The molecule has 1 aromatic rings. The van der Waals surface area contributed by atoms with Crippen LogP contribution in [-0.4, -0.2) is 31.6 Å². The van der Waals surface area contributed by atoms with Crippen molar-refractivity contribution in [2.75, 3.05) is 20.7 Å². The highest BCUT2D eigenvalue weighted by Gasteiger charge is 2.21. The van der Waals surface area contributed by atoms with E-state index in [4.69, 9.17) is 22.1 Å². The van der Waals surface area contributed by atoms with Gasteiger partial charge in [-0.25, -0.2) is 0 Å². The van der Waals surface area contributed by atoms with Crippen molar-refractivity contribution in [1.82, 2.24) is 4.90 Å². The molecule has 2 N–H and O–H groups in total. The maximum absolute atomic E-state index is 6.21. The number of hydrogen-bond donors (Lipinski definition) is 1. The quantitative estimate of drug-likeness (QED) is 0.834. The molecular formula is C16H27ClN2O. The molecule has 2 unspecified atom stereocenters. The van der Waals surface area contributed by atoms with E-state index >= 15 is 0 Å². The molecular weight excluding hydrogens is 272 g/mol. The zero-order chi connectivity index (χ0) is 15.3. The van der Waals surface area contributed by atoms with Gasteiger partial charge in [0.2, 0.25) is 0 Å². The highest BCUT2D eigenvalue weighted by molar-refractivity contribution is 6.32. The normalized spacial score (nSPS) is 14.7. The van der Waals surface area contributed by atoms with Gasteiger partial charge in [0.05, 0.1) is 12.1 Å². The van der Waals surface area contributed by atoms with Crippen LogP contribution in [0.15, 0.2) is 18.2 Å². The molecule has 114 valence electrons. The number of nitrogens with two attached hydrogens (primary N) is 1. The molecule has 0 amide bonds. The summed E-state index contributed by atoms with van der Waals surface area (Å²) in [5.41, 5.74) is 7.11. The van der Waals surface area contributed by atoms with Gasteiger partial charge in [0.15, 0.2) is 0 Å². The van der Waals surface area contributed by atoms with Gasteiger partial charge in [-0.2, -0.15) is 0 Å². The Bertz CT molecular complexity index is 423. The van der Waals surface area contributed by atoms with Crippen LogP contribution in [0, 0.1) is 5.92 Å². The summed E-state index contributed by atoms with van der Waals surface area (Å²) in [5.74, 6) is 1.37. The van der Waals surface area contributed by atoms with Gasteiger partial charge in [-0.15, -0.1) is 0 Å². The number of nitrogens with zero attached hydrogens (tertiary/aromatic N) is 1. The molecule has 0 aliphatic carbocycles. The molecule has 3 nitrogen and oxygen atoms in total. The van der Waals surface area contributed by atoms with Crippen molar-refractivity contribution >= 4 is 11.6 Å². The zero-order valence-electron chi connectivity index (χ0n) is 13.2. The van der Waals surface area contributed by atoms with E-state index in [0.717, 1.165) is 12.0 Å². The zero-order valence-corrected chi connectivity index (χ0v) is 13.9. The number of halogens is 1. The van der Waals surface area contributed by atoms with E-state index in [-0.39, 0.29) is 6.04 Å². The van der Waals surface area contributed by atoms with Crippen molar-refractivity contribution in [3.05, 3.63) is 28.8 Å². The van der Waals surface area contributed by atoms with Crippen LogP contribution in [0.3, 0.4) is 0 Å². The molecule has 0 saturated carbocycles. The van der Waals surface area contributed by atoms with Crippen molar-refractivity contribution in [2.45, 2.75) is 39.3 Å². The summed E-state index contributed by atoms with van der Waals surface area (Å²) in [6, 6.07) is 6.55. The molecule has 0 aromatic heterocycles. The Balaban J connectivity index is 2.92. The Morgan fingerprint density at radius 3 is 2.40 bits per heavy atom. The second-order valence-electron chi connectivity index (χ2n) is 5.79. The molecule has 0 aliphatic heterocycles. The summed E-state index contributed by atoms with van der Waals surface area (Å²) in [7, 11) is 3.75. The first-order valence-corrected chi connectivity index (χ1v) is 7.53. The Kier molecular flexibility index (Phi) is 6.80. The Morgan fingerprint density at radius 1 is 1.30 bits per heavy atom. The van der Waals surface area contributed by atoms with Gasteiger partial charge in [0, 0.05) is 18.6 Å². The Morgan fingerprint density at radius 2 is 1.95 bits per heavy atom. The van der Waals surface area contributed by atoms with Crippen molar-refractivity contribution < 1.29 is 4.74 Å². The maximum atomic E-state index is 6.21. The Hall–Kier alpha value is -0.770. The molecule has 0 aliphatic rings. The second kappa shape index (κ2) is 7.87. The first-order chi connectivity index (χ1) is 9.40. The minimum Gasteiger partial charge on any atom is -0.495 e. The number of likely N-dealkylation sites (N-methyl/N-ethyl adjacent to an activating group) is 1. The summed E-state index contributed by atoms with van der Waals surface area (Å²) in [4.78, 5) is 2.33. The van der Waals surface area contributed by atoms with Gasteiger partial charge < -0.3 is 10.5 Å². The van der Waals surface area contributed by atoms with E-state index in [1.165, 1.54) is 0 Å². The van der Waals surface area contributed by atoms with E-state index in [1.807, 2.05) is 18.2 Å². The third-order valence-electron chi connectivity index (χ3n) is 3.78. The molecule has 0 heterocycles. The molecule has 2 atom stereocenters. The fourth-order valence-electron chi connectivity index (χ4n) is 2.58. The standard InChI is InChI=1S/C16H27ClN2O/c1-11(2)8-12(3)19(4)15(10-18)13-6-7-16(20-5)14(17)9-13/h6-7,9,11-12,15H,8,10,18H2,1-5H3. The predicted molar refractivity (Wildman–Crippen MR) is 86.5 cm³/mol. The van der Waals surface area contributed by atoms with E-state index in [9.17, 15) is 0 Å². The van der Waals surface area contributed by atoms with E-state index < -0.39 is 0 Å². The molecule has 0 saturated heterocycles. The number of benzene rings is 1. The van der Waals surface area contributed by atoms with Crippen LogP contribution in [0.2, 0.25) is 5.02 Å². The number of hydrogen-bond acceptors (Lipinski definition) is 3. The van der Waals surface area contributed by atoms with Gasteiger partial charge in [-0.3, -0.25) is 4.90 Å². The summed E-state index contributed by atoms with van der Waals surface area (Å²) >= 11 is 6.21. The smallest absolute Gasteiger partial charge is 0.137 e. The molecule has 0 fully saturated rings. The van der Waals surface area contributed by atoms with Crippen LogP contribution >= 0.6 is 11.6 Å². The van der Waals surface area contributed by atoms with E-state index in [2.05, 4.69) is 32.7 Å². The summed E-state index contributed by atoms with van der Waals surface area (Å²) in [5, 5.41) is 0.633. The molecule has 0 bridgehead atoms. The third-order valence-corrected chi connectivity index (χ3v) is 4.08. The molecule has 1 aromatic carbocycles. The summed E-state index contributed by atoms with van der Waals surface area (Å²) in [6.07, 6.45) is 1.15. The van der Waals surface area contributed by atoms with Crippen LogP contribution in [0.5, 0.6) is 5.75 Å². The third kappa shape index (κ3) is 4.37. The molecule has 1 rings (SSSR count). The predicted octanol–water partition coefficient (Wildman–Crippen LogP) is 3.71. The van der Waals surface area contributed by atoms with E-state index in [1.54, 1.807) is 7.11 Å². The van der Waals surface area contributed by atoms with Crippen molar-refractivity contribution in [1.29, 1.82) is 0 Å². The van der Waals surface area contributed by atoms with Crippen molar-refractivity contribution in [2.24, 2.45) is 11.7 Å². The Labute approximate surface area is 128 Å². The van der Waals surface area contributed by atoms with Crippen LogP contribution in [0.25, 0.3) is 0 Å². The fourth-order valence-corrected chi connectivity index (χ4v) is 2.85. The summed E-state index contributed by atoms with van der Waals surface area (Å²) < 4.78 is 5.20. The van der Waals surface area contributed by atoms with Gasteiger partial charge >= 0.3 is 0 Å². The van der Waals surface area contributed by atoms with Crippen LogP contribution < -0.4 is 10.5 Å². The average Bonchev–Trinajstić information content (AvgIpc) is 2.38. The van der Waals surface area contributed by atoms with Crippen molar-refractivity contribution in [3.8, 4) is 5.75 Å². The van der Waals surface area contributed by atoms with Crippen LogP contribution in [-0.2, 0) is 0 Å². The summed E-state index contributed by atoms with van der Waals surface area (Å²) in [6.45, 7) is 7.30. The van der Waals surface area contributed by atoms with Gasteiger partial charge in [0.1, 0.15) is 5.75 Å². The molecule has 0 radical (unpaired) electrons. The van der Waals surface area contributed by atoms with Crippen LogP contribution in [0.1, 0.15) is 38.8 Å². The van der Waals surface area contributed by atoms with E-state index in [0.29, 0.717) is 29.3 Å². The molecule has 4 heteroatoms. The monoisotopic (exact) mass is 298 g/mol. The first-order valence-electron chi connectivity index (χ1n) is 7.16. The fraction of sp³-hybridized carbons (Fsp3) is 0.625. The number of ether oxygens (including phenoxy) is 1. The lowest BCUT2D eigenvalue weighted by atomic mass is 9.99. The minimum atomic E-state index is 0.173. The SMILES string of the molecule is COc1ccc(C(CN)N(C)C(C)CC(C)C)cc1Cl. The lowest BCUT2D eigenvalue weighted by molar-refractivity contribution is 0.168.